The van der Waals surface area contributed by atoms with Crippen molar-refractivity contribution in [1.82, 2.24) is 0 Å². The molecule has 4 aromatic rings. The first-order valence-corrected chi connectivity index (χ1v) is 10.5. The van der Waals surface area contributed by atoms with Crippen molar-refractivity contribution in [2.75, 3.05) is 0 Å². The summed E-state index contributed by atoms with van der Waals surface area (Å²) in [4.78, 5) is 38.7. The summed E-state index contributed by atoms with van der Waals surface area (Å²) >= 11 is 11.8. The Morgan fingerprint density at radius 2 is 0.688 bits per heavy atom. The van der Waals surface area contributed by atoms with Gasteiger partial charge in [0.1, 0.15) is 0 Å². The second-order valence-corrected chi connectivity index (χ2v) is 8.04. The summed E-state index contributed by atoms with van der Waals surface area (Å²) in [6, 6.07) is 26.2. The predicted molar refractivity (Wildman–Crippen MR) is 126 cm³/mol. The molecule has 0 atom stereocenters. The molecular weight excluding hydrogens is 443 g/mol. The van der Waals surface area contributed by atoms with Gasteiger partial charge in [0.2, 0.25) is 0 Å². The van der Waals surface area contributed by atoms with Crippen molar-refractivity contribution in [2.24, 2.45) is 0 Å². The van der Waals surface area contributed by atoms with Gasteiger partial charge in [-0.2, -0.15) is 0 Å². The fourth-order valence-electron chi connectivity index (χ4n) is 3.31. The first kappa shape index (κ1) is 21.7. The van der Waals surface area contributed by atoms with Crippen molar-refractivity contribution in [2.45, 2.75) is 0 Å². The maximum atomic E-state index is 13.1. The summed E-state index contributed by atoms with van der Waals surface area (Å²) in [5.74, 6) is -0.688. The lowest BCUT2D eigenvalue weighted by Crippen LogP contribution is -2.07. The van der Waals surface area contributed by atoms with Gasteiger partial charge in [-0.05, 0) is 60.7 Å². The highest BCUT2D eigenvalue weighted by atomic mass is 35.5. The van der Waals surface area contributed by atoms with Crippen LogP contribution in [-0.4, -0.2) is 17.3 Å². The number of benzene rings is 4. The Balaban J connectivity index is 1.61. The van der Waals surface area contributed by atoms with Crippen LogP contribution in [0.5, 0.6) is 0 Å². The molecule has 0 aliphatic heterocycles. The second-order valence-electron chi connectivity index (χ2n) is 7.16. The summed E-state index contributed by atoms with van der Waals surface area (Å²) in [6.07, 6.45) is 0. The molecule has 0 spiro atoms. The number of ketones is 3. The Morgan fingerprint density at radius 1 is 0.406 bits per heavy atom. The first-order valence-electron chi connectivity index (χ1n) is 9.78. The van der Waals surface area contributed by atoms with Crippen LogP contribution in [0, 0.1) is 0 Å². The van der Waals surface area contributed by atoms with Crippen molar-refractivity contribution in [3.63, 3.8) is 0 Å². The molecule has 0 aliphatic rings. The molecule has 0 amide bonds. The molecule has 5 heteroatoms. The number of hydrogen-bond acceptors (Lipinski definition) is 3. The Bertz CT molecular complexity index is 1220. The third-order valence-electron chi connectivity index (χ3n) is 4.99. The summed E-state index contributed by atoms with van der Waals surface area (Å²) in [6.45, 7) is 0. The number of hydrogen-bond donors (Lipinski definition) is 0. The lowest BCUT2D eigenvalue weighted by molar-refractivity contribution is 0.103. The molecule has 32 heavy (non-hydrogen) atoms. The van der Waals surface area contributed by atoms with Crippen LogP contribution in [-0.2, 0) is 0 Å². The molecule has 0 bridgehead atoms. The summed E-state index contributed by atoms with van der Waals surface area (Å²) in [7, 11) is 0. The zero-order chi connectivity index (χ0) is 22.7. The van der Waals surface area contributed by atoms with Crippen molar-refractivity contribution in [1.29, 1.82) is 0 Å². The summed E-state index contributed by atoms with van der Waals surface area (Å²) < 4.78 is 0. The Labute approximate surface area is 195 Å². The molecule has 3 nitrogen and oxygen atoms in total. The predicted octanol–water partition coefficient (Wildman–Crippen LogP) is 6.69. The quantitative estimate of drug-likeness (QED) is 0.302. The van der Waals surface area contributed by atoms with Crippen LogP contribution >= 0.6 is 23.2 Å². The number of halogens is 2. The molecule has 0 aromatic heterocycles. The van der Waals surface area contributed by atoms with E-state index in [0.717, 1.165) is 0 Å². The highest BCUT2D eigenvalue weighted by molar-refractivity contribution is 6.31. The fraction of sp³-hybridized carbons (Fsp3) is 0. The lowest BCUT2D eigenvalue weighted by atomic mass is 9.95. The standard InChI is InChI=1S/C27H16Cl2O3/c28-23-11-7-17(8-12-23)25(30)19-3-1-5-21(15-19)27(32)22-6-2-4-20(16-22)26(31)18-9-13-24(29)14-10-18/h1-16H. The van der Waals surface area contributed by atoms with Crippen LogP contribution in [0.4, 0.5) is 0 Å². The van der Waals surface area contributed by atoms with E-state index in [0.29, 0.717) is 43.4 Å². The van der Waals surface area contributed by atoms with Gasteiger partial charge in [-0.3, -0.25) is 14.4 Å². The van der Waals surface area contributed by atoms with E-state index in [2.05, 4.69) is 0 Å². The number of carbonyl (C=O) groups is 3. The minimum atomic E-state index is -0.276. The highest BCUT2D eigenvalue weighted by Crippen LogP contribution is 2.19. The molecule has 4 aromatic carbocycles. The van der Waals surface area contributed by atoms with E-state index in [1.807, 2.05) is 0 Å². The van der Waals surface area contributed by atoms with E-state index in [9.17, 15) is 14.4 Å². The Kier molecular flexibility index (Phi) is 6.31. The van der Waals surface area contributed by atoms with Crippen molar-refractivity contribution in [3.05, 3.63) is 140 Å². The van der Waals surface area contributed by atoms with Gasteiger partial charge in [0.05, 0.1) is 0 Å². The molecule has 4 rings (SSSR count). The lowest BCUT2D eigenvalue weighted by Gasteiger charge is -2.07. The van der Waals surface area contributed by atoms with Gasteiger partial charge in [0.15, 0.2) is 17.3 Å². The average Bonchev–Trinajstić information content (AvgIpc) is 2.84. The number of rotatable bonds is 6. The van der Waals surface area contributed by atoms with E-state index in [1.54, 1.807) is 97.1 Å². The van der Waals surface area contributed by atoms with Gasteiger partial charge in [0.25, 0.3) is 0 Å². The molecule has 0 saturated heterocycles. The Hall–Kier alpha value is -3.53. The van der Waals surface area contributed by atoms with Gasteiger partial charge < -0.3 is 0 Å². The van der Waals surface area contributed by atoms with Gasteiger partial charge >= 0.3 is 0 Å². The molecule has 0 fully saturated rings. The van der Waals surface area contributed by atoms with E-state index >= 15 is 0 Å². The van der Waals surface area contributed by atoms with Crippen LogP contribution in [0.3, 0.4) is 0 Å². The first-order chi connectivity index (χ1) is 15.4. The van der Waals surface area contributed by atoms with Crippen LogP contribution in [0.25, 0.3) is 0 Å². The van der Waals surface area contributed by atoms with Crippen LogP contribution in [0.1, 0.15) is 47.8 Å². The third-order valence-corrected chi connectivity index (χ3v) is 5.49. The Morgan fingerprint density at radius 3 is 1.00 bits per heavy atom. The smallest absolute Gasteiger partial charge is 0.193 e. The van der Waals surface area contributed by atoms with Crippen LogP contribution < -0.4 is 0 Å². The SMILES string of the molecule is O=C(c1ccc(Cl)cc1)c1cccc(C(=O)c2cccc(C(=O)c3ccc(Cl)cc3)c2)c1. The molecule has 0 saturated carbocycles. The highest BCUT2D eigenvalue weighted by Gasteiger charge is 2.16. The van der Waals surface area contributed by atoms with Gasteiger partial charge in [-0.1, -0.05) is 59.6 Å². The average molecular weight is 459 g/mol. The molecule has 0 unspecified atom stereocenters. The van der Waals surface area contributed by atoms with Crippen molar-refractivity contribution in [3.8, 4) is 0 Å². The zero-order valence-electron chi connectivity index (χ0n) is 16.7. The molecule has 0 radical (unpaired) electrons. The minimum Gasteiger partial charge on any atom is -0.289 e. The fourth-order valence-corrected chi connectivity index (χ4v) is 3.56. The monoisotopic (exact) mass is 458 g/mol. The largest absolute Gasteiger partial charge is 0.289 e. The molecule has 0 N–H and O–H groups in total. The molecule has 0 aliphatic carbocycles. The zero-order valence-corrected chi connectivity index (χ0v) is 18.2. The normalized spacial score (nSPS) is 10.6. The third kappa shape index (κ3) is 4.70. The second kappa shape index (κ2) is 9.31. The summed E-state index contributed by atoms with van der Waals surface area (Å²) in [5, 5.41) is 1.08. The molecular formula is C27H16Cl2O3. The van der Waals surface area contributed by atoms with Crippen LogP contribution in [0.15, 0.2) is 97.1 Å². The topological polar surface area (TPSA) is 51.2 Å². The maximum absolute atomic E-state index is 13.1. The van der Waals surface area contributed by atoms with E-state index in [4.69, 9.17) is 23.2 Å². The minimum absolute atomic E-state index is 0.206. The van der Waals surface area contributed by atoms with Crippen LogP contribution in [0.2, 0.25) is 10.0 Å². The molecule has 0 heterocycles. The van der Waals surface area contributed by atoms with Gasteiger partial charge in [0, 0.05) is 43.4 Å². The summed E-state index contributed by atoms with van der Waals surface area (Å²) in [5.41, 5.74) is 2.48. The van der Waals surface area contributed by atoms with E-state index in [-0.39, 0.29) is 17.3 Å². The van der Waals surface area contributed by atoms with E-state index < -0.39 is 0 Å². The molecule has 156 valence electrons. The van der Waals surface area contributed by atoms with Gasteiger partial charge in [-0.25, -0.2) is 0 Å². The van der Waals surface area contributed by atoms with Crippen molar-refractivity contribution >= 4 is 40.6 Å². The number of carbonyl (C=O) groups excluding carboxylic acids is 3. The van der Waals surface area contributed by atoms with Gasteiger partial charge in [-0.15, -0.1) is 0 Å². The van der Waals surface area contributed by atoms with Crippen molar-refractivity contribution < 1.29 is 14.4 Å². The maximum Gasteiger partial charge on any atom is 0.193 e. The van der Waals surface area contributed by atoms with E-state index in [1.165, 1.54) is 0 Å².